The molecule has 1 aromatic heterocycles. The fourth-order valence-corrected chi connectivity index (χ4v) is 2.43. The second-order valence-corrected chi connectivity index (χ2v) is 5.21. The molecule has 21 heavy (non-hydrogen) atoms. The number of nitro groups is 1. The van der Waals surface area contributed by atoms with Crippen LogP contribution in [0.2, 0.25) is 0 Å². The molecule has 1 aromatic carbocycles. The normalized spacial score (nSPS) is 10.8. The molecule has 0 aliphatic rings. The summed E-state index contributed by atoms with van der Waals surface area (Å²) in [7, 11) is 0. The lowest BCUT2D eigenvalue weighted by molar-refractivity contribution is -0.384. The van der Waals surface area contributed by atoms with Gasteiger partial charge in [0, 0.05) is 19.1 Å². The molecule has 108 valence electrons. The highest BCUT2D eigenvalue weighted by Gasteiger charge is 2.10. The summed E-state index contributed by atoms with van der Waals surface area (Å²) in [6.07, 6.45) is 1.52. The number of anilines is 1. The van der Waals surface area contributed by atoms with E-state index in [1.165, 1.54) is 36.6 Å². The molecule has 0 aliphatic carbocycles. The number of ketones is 1. The van der Waals surface area contributed by atoms with Crippen LogP contribution in [-0.4, -0.2) is 21.9 Å². The van der Waals surface area contributed by atoms with Crippen LogP contribution < -0.4 is 5.43 Å². The van der Waals surface area contributed by atoms with Crippen molar-refractivity contribution < 1.29 is 9.72 Å². The quantitative estimate of drug-likeness (QED) is 0.396. The summed E-state index contributed by atoms with van der Waals surface area (Å²) in [5, 5.41) is 15.0. The summed E-state index contributed by atoms with van der Waals surface area (Å²) in [4.78, 5) is 26.2. The number of hydrogen-bond donors (Lipinski definition) is 1. The molecule has 8 heteroatoms. The standard InChI is InChI=1S/C13H12N4O3S/c1-8-12(9(2)18)21-13(15-8)16-14-7-10-3-5-11(6-4-10)17(19)20/h3-7H,1-2H3,(H,15,16)/b14-7-. The Balaban J connectivity index is 2.03. The van der Waals surface area contributed by atoms with Crippen LogP contribution in [0.4, 0.5) is 10.8 Å². The molecular weight excluding hydrogens is 292 g/mol. The van der Waals surface area contributed by atoms with Crippen molar-refractivity contribution in [1.29, 1.82) is 0 Å². The molecule has 0 amide bonds. The van der Waals surface area contributed by atoms with Crippen LogP contribution in [0.1, 0.15) is 27.9 Å². The number of nitrogens with one attached hydrogen (secondary N) is 1. The van der Waals surface area contributed by atoms with E-state index in [1.54, 1.807) is 19.1 Å². The largest absolute Gasteiger partial charge is 0.294 e. The van der Waals surface area contributed by atoms with Crippen LogP contribution in [0.5, 0.6) is 0 Å². The predicted molar refractivity (Wildman–Crippen MR) is 81.2 cm³/mol. The molecule has 0 bridgehead atoms. The van der Waals surface area contributed by atoms with Crippen LogP contribution >= 0.6 is 11.3 Å². The first-order chi connectivity index (χ1) is 9.97. The summed E-state index contributed by atoms with van der Waals surface area (Å²) in [6.45, 7) is 3.25. The van der Waals surface area contributed by atoms with Gasteiger partial charge in [-0.1, -0.05) is 11.3 Å². The molecule has 0 saturated heterocycles. The van der Waals surface area contributed by atoms with E-state index in [4.69, 9.17) is 0 Å². The Morgan fingerprint density at radius 1 is 1.43 bits per heavy atom. The van der Waals surface area contributed by atoms with Crippen molar-refractivity contribution in [3.63, 3.8) is 0 Å². The smallest absolute Gasteiger partial charge is 0.269 e. The lowest BCUT2D eigenvalue weighted by atomic mass is 10.2. The number of thiazole rings is 1. The van der Waals surface area contributed by atoms with Gasteiger partial charge >= 0.3 is 0 Å². The third-order valence-corrected chi connectivity index (χ3v) is 3.76. The zero-order valence-corrected chi connectivity index (χ0v) is 12.2. The van der Waals surface area contributed by atoms with Gasteiger partial charge < -0.3 is 0 Å². The summed E-state index contributed by atoms with van der Waals surface area (Å²) in [5.41, 5.74) is 4.15. The maximum atomic E-state index is 11.3. The molecule has 2 rings (SSSR count). The summed E-state index contributed by atoms with van der Waals surface area (Å²) >= 11 is 1.23. The highest BCUT2D eigenvalue weighted by atomic mass is 32.1. The lowest BCUT2D eigenvalue weighted by Crippen LogP contribution is -1.91. The SMILES string of the molecule is CC(=O)c1sc(N/N=C\c2ccc([N+](=O)[O-])cc2)nc1C. The minimum absolute atomic E-state index is 0.0294. The van der Waals surface area contributed by atoms with Crippen molar-refractivity contribution in [3.05, 3.63) is 50.5 Å². The number of rotatable bonds is 5. The van der Waals surface area contributed by atoms with Crippen molar-refractivity contribution in [1.82, 2.24) is 4.98 Å². The van der Waals surface area contributed by atoms with Gasteiger partial charge in [-0.25, -0.2) is 4.98 Å². The van der Waals surface area contributed by atoms with E-state index < -0.39 is 4.92 Å². The van der Waals surface area contributed by atoms with E-state index in [0.717, 1.165) is 0 Å². The number of carbonyl (C=O) groups is 1. The lowest BCUT2D eigenvalue weighted by Gasteiger charge is -1.94. The Kier molecular flexibility index (Phi) is 4.39. The van der Waals surface area contributed by atoms with E-state index in [9.17, 15) is 14.9 Å². The molecule has 0 saturated carbocycles. The fourth-order valence-electron chi connectivity index (χ4n) is 1.62. The Morgan fingerprint density at radius 2 is 2.10 bits per heavy atom. The van der Waals surface area contributed by atoms with Gasteiger partial charge in [0.25, 0.3) is 5.69 Å². The van der Waals surface area contributed by atoms with Crippen LogP contribution in [0.3, 0.4) is 0 Å². The van der Waals surface area contributed by atoms with E-state index in [-0.39, 0.29) is 11.5 Å². The third kappa shape index (κ3) is 3.69. The molecule has 1 N–H and O–H groups in total. The van der Waals surface area contributed by atoms with Crippen molar-refractivity contribution in [2.45, 2.75) is 13.8 Å². The highest BCUT2D eigenvalue weighted by molar-refractivity contribution is 7.17. The molecule has 0 atom stereocenters. The predicted octanol–water partition coefficient (Wildman–Crippen LogP) is 3.01. The third-order valence-electron chi connectivity index (χ3n) is 2.59. The zero-order valence-electron chi connectivity index (χ0n) is 11.4. The second kappa shape index (κ2) is 6.23. The van der Waals surface area contributed by atoms with Gasteiger partial charge in [-0.15, -0.1) is 0 Å². The van der Waals surface area contributed by atoms with Gasteiger partial charge in [0.2, 0.25) is 5.13 Å². The maximum Gasteiger partial charge on any atom is 0.269 e. The van der Waals surface area contributed by atoms with E-state index in [1.807, 2.05) is 0 Å². The first-order valence-electron chi connectivity index (χ1n) is 5.99. The summed E-state index contributed by atoms with van der Waals surface area (Å²) in [6, 6.07) is 6.00. The number of aryl methyl sites for hydroxylation is 1. The number of nitro benzene ring substituents is 1. The Hall–Kier alpha value is -2.61. The molecule has 1 heterocycles. The van der Waals surface area contributed by atoms with E-state index in [2.05, 4.69) is 15.5 Å². The minimum atomic E-state index is -0.458. The van der Waals surface area contributed by atoms with Crippen LogP contribution in [0.25, 0.3) is 0 Å². The summed E-state index contributed by atoms with van der Waals surface area (Å²) < 4.78 is 0. The van der Waals surface area contributed by atoms with E-state index in [0.29, 0.717) is 21.3 Å². The Morgan fingerprint density at radius 3 is 2.62 bits per heavy atom. The van der Waals surface area contributed by atoms with E-state index >= 15 is 0 Å². The van der Waals surface area contributed by atoms with Crippen molar-refractivity contribution in [3.8, 4) is 0 Å². The molecule has 0 spiro atoms. The van der Waals surface area contributed by atoms with Gasteiger partial charge in [-0.2, -0.15) is 5.10 Å². The number of carbonyl (C=O) groups excluding carboxylic acids is 1. The number of benzene rings is 1. The highest BCUT2D eigenvalue weighted by Crippen LogP contribution is 2.22. The molecule has 2 aromatic rings. The van der Waals surface area contributed by atoms with Gasteiger partial charge in [-0.3, -0.25) is 20.3 Å². The Labute approximate surface area is 124 Å². The van der Waals surface area contributed by atoms with Crippen molar-refractivity contribution >= 4 is 34.2 Å². The molecule has 0 radical (unpaired) electrons. The molecular formula is C13H12N4O3S. The number of hydrogen-bond acceptors (Lipinski definition) is 7. The van der Waals surface area contributed by atoms with Crippen LogP contribution in [-0.2, 0) is 0 Å². The van der Waals surface area contributed by atoms with Crippen molar-refractivity contribution in [2.24, 2.45) is 5.10 Å². The van der Waals surface area contributed by atoms with Gasteiger partial charge in [-0.05, 0) is 24.6 Å². The van der Waals surface area contributed by atoms with Gasteiger partial charge in [0.1, 0.15) is 0 Å². The molecule has 7 nitrogen and oxygen atoms in total. The number of hydrazone groups is 1. The first kappa shape index (κ1) is 14.8. The minimum Gasteiger partial charge on any atom is -0.294 e. The number of aromatic nitrogens is 1. The van der Waals surface area contributed by atoms with Crippen LogP contribution in [0, 0.1) is 17.0 Å². The van der Waals surface area contributed by atoms with Crippen LogP contribution in [0.15, 0.2) is 29.4 Å². The molecule has 0 fully saturated rings. The number of non-ortho nitro benzene ring substituents is 1. The monoisotopic (exact) mass is 304 g/mol. The topological polar surface area (TPSA) is 97.5 Å². The second-order valence-electron chi connectivity index (χ2n) is 4.21. The zero-order chi connectivity index (χ0) is 15.4. The average molecular weight is 304 g/mol. The maximum absolute atomic E-state index is 11.3. The number of Topliss-reactive ketones (excluding diaryl/α,β-unsaturated/α-hetero) is 1. The molecule has 0 aliphatic heterocycles. The summed E-state index contributed by atoms with van der Waals surface area (Å²) in [5.74, 6) is -0.0302. The first-order valence-corrected chi connectivity index (χ1v) is 6.81. The molecule has 0 unspecified atom stereocenters. The van der Waals surface area contributed by atoms with Gasteiger partial charge in [0.15, 0.2) is 5.78 Å². The number of nitrogens with zero attached hydrogens (tertiary/aromatic N) is 3. The van der Waals surface area contributed by atoms with Gasteiger partial charge in [0.05, 0.1) is 21.7 Å². The average Bonchev–Trinajstić information content (AvgIpc) is 2.80. The Bertz CT molecular complexity index is 707. The van der Waals surface area contributed by atoms with Crippen molar-refractivity contribution in [2.75, 3.05) is 5.43 Å². The fraction of sp³-hybridized carbons (Fsp3) is 0.154.